The number of hydrogen-bond donors (Lipinski definition) is 3. The van der Waals surface area contributed by atoms with Gasteiger partial charge in [0, 0.05) is 12.6 Å². The first-order chi connectivity index (χ1) is 7.61. The van der Waals surface area contributed by atoms with Crippen LogP contribution in [0.1, 0.15) is 12.6 Å². The molecule has 3 atom stereocenters. The highest BCUT2D eigenvalue weighted by molar-refractivity contribution is 7.71. The summed E-state index contributed by atoms with van der Waals surface area (Å²) >= 11 is 4.80. The molecule has 16 heavy (non-hydrogen) atoms. The Hall–Kier alpha value is -1.02. The molecule has 6 nitrogen and oxygen atoms in total. The molecule has 1 aliphatic heterocycles. The third-order valence-electron chi connectivity index (χ3n) is 2.55. The first-order valence-corrected chi connectivity index (χ1v) is 5.28. The van der Waals surface area contributed by atoms with Crippen LogP contribution in [-0.2, 0) is 4.74 Å². The van der Waals surface area contributed by atoms with Gasteiger partial charge in [-0.3, -0.25) is 9.55 Å². The monoisotopic (exact) mass is 244 g/mol. The van der Waals surface area contributed by atoms with Gasteiger partial charge in [-0.1, -0.05) is 12.2 Å². The number of aromatic nitrogens is 2. The predicted octanol–water partition coefficient (Wildman–Crippen LogP) is -0.453. The lowest BCUT2D eigenvalue weighted by atomic mass is 10.2. The standard InChI is InChI=1S/C9H12N2O4S/c12-4-6-5(13)3-8(15-6)11-2-1-7(16)10-9(11)14/h1-2,5-6,8,12-13H,3-4H2,(H,10,14,16)/t5-,6-,8-/m1/s1. The number of aromatic amines is 1. The van der Waals surface area contributed by atoms with Crippen LogP contribution in [0.3, 0.4) is 0 Å². The van der Waals surface area contributed by atoms with Crippen LogP contribution in [0.15, 0.2) is 17.1 Å². The van der Waals surface area contributed by atoms with Crippen LogP contribution < -0.4 is 5.69 Å². The van der Waals surface area contributed by atoms with Crippen molar-refractivity contribution < 1.29 is 14.9 Å². The number of aliphatic hydroxyl groups is 2. The third kappa shape index (κ3) is 2.07. The van der Waals surface area contributed by atoms with Crippen LogP contribution in [0, 0.1) is 4.64 Å². The Kier molecular flexibility index (Phi) is 3.20. The third-order valence-corrected chi connectivity index (χ3v) is 2.78. The number of nitrogens with zero attached hydrogens (tertiary/aromatic N) is 1. The van der Waals surface area contributed by atoms with Crippen LogP contribution in [0.5, 0.6) is 0 Å². The molecule has 7 heteroatoms. The fourth-order valence-corrected chi connectivity index (χ4v) is 1.85. The summed E-state index contributed by atoms with van der Waals surface area (Å²) in [7, 11) is 0. The Bertz CT molecular complexity index is 483. The van der Waals surface area contributed by atoms with Crippen LogP contribution in [-0.4, -0.2) is 38.6 Å². The lowest BCUT2D eigenvalue weighted by Gasteiger charge is -2.13. The summed E-state index contributed by atoms with van der Waals surface area (Å²) in [5, 5.41) is 18.5. The van der Waals surface area contributed by atoms with Crippen molar-refractivity contribution >= 4 is 12.2 Å². The Balaban J connectivity index is 2.27. The maximum Gasteiger partial charge on any atom is 0.328 e. The molecule has 0 unspecified atom stereocenters. The summed E-state index contributed by atoms with van der Waals surface area (Å²) in [6.45, 7) is -0.269. The zero-order valence-corrected chi connectivity index (χ0v) is 9.18. The van der Waals surface area contributed by atoms with Crippen molar-refractivity contribution in [3.63, 3.8) is 0 Å². The topological polar surface area (TPSA) is 87.5 Å². The molecule has 2 rings (SSSR count). The van der Waals surface area contributed by atoms with E-state index in [9.17, 15) is 9.90 Å². The summed E-state index contributed by atoms with van der Waals surface area (Å²) in [5.41, 5.74) is -0.386. The fourth-order valence-electron chi connectivity index (χ4n) is 1.70. The van der Waals surface area contributed by atoms with Crippen molar-refractivity contribution in [1.82, 2.24) is 9.55 Å². The van der Waals surface area contributed by atoms with Gasteiger partial charge in [-0.2, -0.15) is 0 Å². The smallest absolute Gasteiger partial charge is 0.328 e. The molecule has 3 N–H and O–H groups in total. The lowest BCUT2D eigenvalue weighted by molar-refractivity contribution is -0.0459. The van der Waals surface area contributed by atoms with E-state index in [0.29, 0.717) is 4.64 Å². The zero-order valence-electron chi connectivity index (χ0n) is 8.37. The lowest BCUT2D eigenvalue weighted by Crippen LogP contribution is -2.27. The molecule has 1 aromatic heterocycles. The van der Waals surface area contributed by atoms with Gasteiger partial charge in [0.1, 0.15) is 17.0 Å². The molecule has 0 aromatic carbocycles. The predicted molar refractivity (Wildman–Crippen MR) is 57.5 cm³/mol. The Morgan fingerprint density at radius 3 is 3.00 bits per heavy atom. The minimum absolute atomic E-state index is 0.269. The van der Waals surface area contributed by atoms with E-state index in [0.717, 1.165) is 0 Å². The van der Waals surface area contributed by atoms with Gasteiger partial charge < -0.3 is 14.9 Å². The molecule has 0 spiro atoms. The second kappa shape index (κ2) is 4.46. The van der Waals surface area contributed by atoms with Crippen LogP contribution in [0.25, 0.3) is 0 Å². The van der Waals surface area contributed by atoms with Crippen molar-refractivity contribution in [3.05, 3.63) is 27.4 Å². The molecule has 1 saturated heterocycles. The molecule has 88 valence electrons. The molecule has 0 saturated carbocycles. The van der Waals surface area contributed by atoms with Gasteiger partial charge in [0.15, 0.2) is 0 Å². The first kappa shape index (κ1) is 11.5. The number of aliphatic hydroxyl groups excluding tert-OH is 2. The highest BCUT2D eigenvalue weighted by Crippen LogP contribution is 2.26. The average Bonchev–Trinajstić information content (AvgIpc) is 2.59. The number of rotatable bonds is 2. The van der Waals surface area contributed by atoms with E-state index in [1.807, 2.05) is 0 Å². The summed E-state index contributed by atoms with van der Waals surface area (Å²) in [5.74, 6) is 0. The molecule has 1 aromatic rings. The largest absolute Gasteiger partial charge is 0.394 e. The number of hydrogen-bond acceptors (Lipinski definition) is 5. The average molecular weight is 244 g/mol. The van der Waals surface area contributed by atoms with E-state index in [2.05, 4.69) is 4.98 Å². The molecule has 0 bridgehead atoms. The Morgan fingerprint density at radius 2 is 2.44 bits per heavy atom. The minimum atomic E-state index is -0.759. The van der Waals surface area contributed by atoms with Crippen LogP contribution in [0.4, 0.5) is 0 Å². The second-order valence-corrected chi connectivity index (χ2v) is 4.07. The van der Waals surface area contributed by atoms with Crippen molar-refractivity contribution in [2.45, 2.75) is 24.9 Å². The number of H-pyrrole nitrogens is 1. The molecule has 1 aliphatic rings. The van der Waals surface area contributed by atoms with Crippen molar-refractivity contribution in [2.75, 3.05) is 6.61 Å². The molecule has 0 aliphatic carbocycles. The van der Waals surface area contributed by atoms with Gasteiger partial charge in [-0.05, 0) is 6.07 Å². The second-order valence-electron chi connectivity index (χ2n) is 3.63. The summed E-state index contributed by atoms with van der Waals surface area (Å²) in [6.07, 6.45) is -0.176. The van der Waals surface area contributed by atoms with E-state index < -0.39 is 18.4 Å². The van der Waals surface area contributed by atoms with Crippen LogP contribution >= 0.6 is 12.2 Å². The van der Waals surface area contributed by atoms with Gasteiger partial charge in [-0.25, -0.2) is 4.79 Å². The summed E-state index contributed by atoms with van der Waals surface area (Å²) in [4.78, 5) is 14.0. The van der Waals surface area contributed by atoms with Gasteiger partial charge in [-0.15, -0.1) is 0 Å². The maximum atomic E-state index is 11.5. The van der Waals surface area contributed by atoms with Crippen molar-refractivity contribution in [1.29, 1.82) is 0 Å². The normalized spacial score (nSPS) is 29.5. The number of nitrogens with one attached hydrogen (secondary N) is 1. The maximum absolute atomic E-state index is 11.5. The van der Waals surface area contributed by atoms with Crippen molar-refractivity contribution in [3.8, 4) is 0 Å². The van der Waals surface area contributed by atoms with E-state index in [1.165, 1.54) is 10.8 Å². The van der Waals surface area contributed by atoms with E-state index >= 15 is 0 Å². The van der Waals surface area contributed by atoms with E-state index in [-0.39, 0.29) is 18.7 Å². The SMILES string of the molecule is O=c1[nH]c(=S)ccn1[C@H]1C[C@@H](O)[C@@H](CO)O1. The minimum Gasteiger partial charge on any atom is -0.394 e. The molecule has 0 amide bonds. The van der Waals surface area contributed by atoms with E-state index in [1.54, 1.807) is 6.07 Å². The highest BCUT2D eigenvalue weighted by Gasteiger charge is 2.34. The Labute approximate surface area is 96.1 Å². The molecular formula is C9H12N2O4S. The zero-order chi connectivity index (χ0) is 11.7. The van der Waals surface area contributed by atoms with Crippen molar-refractivity contribution in [2.24, 2.45) is 0 Å². The quantitative estimate of drug-likeness (QED) is 0.613. The van der Waals surface area contributed by atoms with E-state index in [4.69, 9.17) is 22.1 Å². The molecule has 1 fully saturated rings. The Morgan fingerprint density at radius 1 is 1.69 bits per heavy atom. The van der Waals surface area contributed by atoms with Gasteiger partial charge in [0.25, 0.3) is 0 Å². The van der Waals surface area contributed by atoms with Gasteiger partial charge in [0.05, 0.1) is 12.7 Å². The van der Waals surface area contributed by atoms with Crippen LogP contribution in [0.2, 0.25) is 0 Å². The molecular weight excluding hydrogens is 232 g/mol. The molecule has 0 radical (unpaired) electrons. The summed E-state index contributed by atoms with van der Waals surface area (Å²) < 4.78 is 7.00. The van der Waals surface area contributed by atoms with Gasteiger partial charge >= 0.3 is 5.69 Å². The summed E-state index contributed by atoms with van der Waals surface area (Å²) in [6, 6.07) is 1.57. The number of ether oxygens (including phenoxy) is 1. The highest BCUT2D eigenvalue weighted by atomic mass is 32.1. The van der Waals surface area contributed by atoms with Gasteiger partial charge in [0.2, 0.25) is 0 Å². The first-order valence-electron chi connectivity index (χ1n) is 4.87. The molecule has 2 heterocycles. The fraction of sp³-hybridized carbons (Fsp3) is 0.556.